The molecule has 5 heteroatoms. The van der Waals surface area contributed by atoms with E-state index < -0.39 is 11.9 Å². The van der Waals surface area contributed by atoms with Gasteiger partial charge in [0, 0.05) is 0 Å². The van der Waals surface area contributed by atoms with E-state index in [1.54, 1.807) is 6.07 Å². The molecule has 2 rings (SSSR count). The number of amides is 1. The third-order valence-electron chi connectivity index (χ3n) is 2.37. The molecule has 80 valence electrons. The normalized spacial score (nSPS) is 15.1. The summed E-state index contributed by atoms with van der Waals surface area (Å²) in [5, 5.41) is 10.6. The predicted octanol–water partition coefficient (Wildman–Crippen LogP) is 3.45. The van der Waals surface area contributed by atoms with Crippen LogP contribution in [0.15, 0.2) is 12.1 Å². The van der Waals surface area contributed by atoms with Gasteiger partial charge < -0.3 is 5.11 Å². The van der Waals surface area contributed by atoms with Crippen molar-refractivity contribution in [2.24, 2.45) is 0 Å². The van der Waals surface area contributed by atoms with Gasteiger partial charge >= 0.3 is 6.09 Å². The molecule has 0 atom stereocenters. The van der Waals surface area contributed by atoms with Gasteiger partial charge in [-0.15, -0.1) is 0 Å². The number of benzene rings is 1. The van der Waals surface area contributed by atoms with Crippen LogP contribution in [0.3, 0.4) is 0 Å². The molecule has 15 heavy (non-hydrogen) atoms. The summed E-state index contributed by atoms with van der Waals surface area (Å²) >= 11 is 5.70. The molecule has 0 spiro atoms. The molecular weight excluding hydrogens is 221 g/mol. The Morgan fingerprint density at radius 2 is 2.20 bits per heavy atom. The standard InChI is InChI=1S/C10H9ClFNO2/c11-7-4-3-6(5-1-2-5)8(12)9(7)13-10(14)15/h3-5,13H,1-2H2,(H,14,15). The van der Waals surface area contributed by atoms with E-state index >= 15 is 0 Å². The molecule has 0 saturated heterocycles. The molecule has 3 nitrogen and oxygen atoms in total. The Labute approximate surface area is 90.9 Å². The Hall–Kier alpha value is -1.29. The largest absolute Gasteiger partial charge is 0.465 e. The fourth-order valence-corrected chi connectivity index (χ4v) is 1.69. The third-order valence-corrected chi connectivity index (χ3v) is 2.69. The number of halogens is 2. The van der Waals surface area contributed by atoms with E-state index in [2.05, 4.69) is 0 Å². The Bertz CT molecular complexity index is 418. The van der Waals surface area contributed by atoms with Gasteiger partial charge in [0.15, 0.2) is 5.82 Å². The molecule has 1 aliphatic carbocycles. The van der Waals surface area contributed by atoms with Gasteiger partial charge in [-0.3, -0.25) is 5.32 Å². The molecule has 0 radical (unpaired) electrons. The van der Waals surface area contributed by atoms with Gasteiger partial charge in [-0.25, -0.2) is 9.18 Å². The zero-order valence-electron chi connectivity index (χ0n) is 7.76. The summed E-state index contributed by atoms with van der Waals surface area (Å²) in [6, 6.07) is 3.13. The average molecular weight is 230 g/mol. The van der Waals surface area contributed by atoms with Crippen molar-refractivity contribution < 1.29 is 14.3 Å². The maximum absolute atomic E-state index is 13.8. The summed E-state index contributed by atoms with van der Waals surface area (Å²) in [5.41, 5.74) is 0.400. The highest BCUT2D eigenvalue weighted by molar-refractivity contribution is 6.33. The van der Waals surface area contributed by atoms with Crippen LogP contribution >= 0.6 is 11.6 Å². The van der Waals surface area contributed by atoms with Gasteiger partial charge in [-0.1, -0.05) is 17.7 Å². The highest BCUT2D eigenvalue weighted by Crippen LogP contribution is 2.43. The second-order valence-electron chi connectivity index (χ2n) is 3.53. The molecule has 0 bridgehead atoms. The minimum atomic E-state index is -1.32. The molecule has 0 aliphatic heterocycles. The molecule has 2 N–H and O–H groups in total. The molecule has 1 aromatic carbocycles. The average Bonchev–Trinajstić information content (AvgIpc) is 2.95. The highest BCUT2D eigenvalue weighted by Gasteiger charge is 2.28. The van der Waals surface area contributed by atoms with Gasteiger partial charge in [0.25, 0.3) is 0 Å². The van der Waals surface area contributed by atoms with E-state index in [9.17, 15) is 9.18 Å². The van der Waals surface area contributed by atoms with E-state index in [-0.39, 0.29) is 16.6 Å². The number of hydrogen-bond donors (Lipinski definition) is 2. The van der Waals surface area contributed by atoms with Gasteiger partial charge in [-0.05, 0) is 30.4 Å². The number of anilines is 1. The van der Waals surface area contributed by atoms with Crippen LogP contribution in [-0.4, -0.2) is 11.2 Å². The van der Waals surface area contributed by atoms with E-state index in [1.807, 2.05) is 5.32 Å². The van der Waals surface area contributed by atoms with Crippen molar-refractivity contribution in [3.05, 3.63) is 28.5 Å². The molecule has 0 aromatic heterocycles. The number of carbonyl (C=O) groups is 1. The predicted molar refractivity (Wildman–Crippen MR) is 55.0 cm³/mol. The van der Waals surface area contributed by atoms with Crippen molar-refractivity contribution in [3.8, 4) is 0 Å². The summed E-state index contributed by atoms with van der Waals surface area (Å²) in [6.45, 7) is 0. The molecule has 1 aromatic rings. The maximum Gasteiger partial charge on any atom is 0.409 e. The van der Waals surface area contributed by atoms with Gasteiger partial charge in [0.2, 0.25) is 0 Å². The highest BCUT2D eigenvalue weighted by atomic mass is 35.5. The van der Waals surface area contributed by atoms with Crippen molar-refractivity contribution in [2.45, 2.75) is 18.8 Å². The van der Waals surface area contributed by atoms with E-state index in [0.717, 1.165) is 12.8 Å². The van der Waals surface area contributed by atoms with Crippen molar-refractivity contribution in [1.82, 2.24) is 0 Å². The van der Waals surface area contributed by atoms with Gasteiger partial charge in [-0.2, -0.15) is 0 Å². The summed E-state index contributed by atoms with van der Waals surface area (Å²) in [4.78, 5) is 10.4. The summed E-state index contributed by atoms with van der Waals surface area (Å²) < 4.78 is 13.8. The van der Waals surface area contributed by atoms with Gasteiger partial charge in [0.1, 0.15) is 0 Å². The number of rotatable bonds is 2. The fraction of sp³-hybridized carbons (Fsp3) is 0.300. The lowest BCUT2D eigenvalue weighted by molar-refractivity contribution is 0.209. The second kappa shape index (κ2) is 3.70. The van der Waals surface area contributed by atoms with E-state index in [0.29, 0.717) is 5.56 Å². The lowest BCUT2D eigenvalue weighted by Crippen LogP contribution is -2.10. The number of nitrogens with one attached hydrogen (secondary N) is 1. The molecule has 1 fully saturated rings. The molecule has 0 unspecified atom stereocenters. The van der Waals surface area contributed by atoms with Gasteiger partial charge in [0.05, 0.1) is 10.7 Å². The first kappa shape index (κ1) is 10.2. The van der Waals surface area contributed by atoms with Crippen LogP contribution in [0.5, 0.6) is 0 Å². The minimum absolute atomic E-state index is 0.0827. The van der Waals surface area contributed by atoms with Crippen molar-refractivity contribution >= 4 is 23.4 Å². The zero-order valence-corrected chi connectivity index (χ0v) is 8.51. The Morgan fingerprint density at radius 1 is 1.53 bits per heavy atom. The number of hydrogen-bond acceptors (Lipinski definition) is 1. The first-order valence-corrected chi connectivity index (χ1v) is 4.95. The quantitative estimate of drug-likeness (QED) is 0.816. The summed E-state index contributed by atoms with van der Waals surface area (Å²) in [5.74, 6) is -0.330. The lowest BCUT2D eigenvalue weighted by atomic mass is 10.1. The van der Waals surface area contributed by atoms with Crippen LogP contribution in [-0.2, 0) is 0 Å². The van der Waals surface area contributed by atoms with E-state index in [4.69, 9.17) is 16.7 Å². The second-order valence-corrected chi connectivity index (χ2v) is 3.94. The van der Waals surface area contributed by atoms with E-state index in [1.165, 1.54) is 6.07 Å². The zero-order chi connectivity index (χ0) is 11.0. The summed E-state index contributed by atoms with van der Waals surface area (Å²) in [7, 11) is 0. The van der Waals surface area contributed by atoms with Crippen LogP contribution in [0, 0.1) is 5.82 Å². The molecule has 0 heterocycles. The SMILES string of the molecule is O=C(O)Nc1c(Cl)ccc(C2CC2)c1F. The van der Waals surface area contributed by atoms with Crippen LogP contribution in [0.4, 0.5) is 14.9 Å². The molecule has 1 amide bonds. The Morgan fingerprint density at radius 3 is 2.73 bits per heavy atom. The molecular formula is C10H9ClFNO2. The van der Waals surface area contributed by atoms with Crippen LogP contribution in [0.2, 0.25) is 5.02 Å². The topological polar surface area (TPSA) is 49.3 Å². The fourth-order valence-electron chi connectivity index (χ4n) is 1.50. The monoisotopic (exact) mass is 229 g/mol. The molecule has 1 saturated carbocycles. The smallest absolute Gasteiger partial charge is 0.409 e. The first-order valence-electron chi connectivity index (χ1n) is 4.57. The van der Waals surface area contributed by atoms with Crippen molar-refractivity contribution in [2.75, 3.05) is 5.32 Å². The third kappa shape index (κ3) is 2.04. The number of carboxylic acid groups (broad SMARTS) is 1. The molecule has 1 aliphatic rings. The summed E-state index contributed by atoms with van der Waals surface area (Å²) in [6.07, 6.45) is 0.583. The minimum Gasteiger partial charge on any atom is -0.465 e. The van der Waals surface area contributed by atoms with Crippen LogP contribution in [0.25, 0.3) is 0 Å². The van der Waals surface area contributed by atoms with Crippen LogP contribution < -0.4 is 5.32 Å². The lowest BCUT2D eigenvalue weighted by Gasteiger charge is -2.09. The van der Waals surface area contributed by atoms with Crippen molar-refractivity contribution in [3.63, 3.8) is 0 Å². The Balaban J connectivity index is 2.41. The Kier molecular flexibility index (Phi) is 2.52. The van der Waals surface area contributed by atoms with Crippen molar-refractivity contribution in [1.29, 1.82) is 0 Å². The maximum atomic E-state index is 13.8. The first-order chi connectivity index (χ1) is 7.09. The van der Waals surface area contributed by atoms with Crippen LogP contribution in [0.1, 0.15) is 24.3 Å².